The Hall–Kier alpha value is -2.13. The lowest BCUT2D eigenvalue weighted by Crippen LogP contribution is -2.46. The van der Waals surface area contributed by atoms with Gasteiger partial charge in [0.15, 0.2) is 0 Å². The SMILES string of the molecule is CC1CCN(c2cc(C#N)ccc2[N+](=O)[O-])C(CN)C1. The van der Waals surface area contributed by atoms with Gasteiger partial charge >= 0.3 is 0 Å². The van der Waals surface area contributed by atoms with Crippen molar-refractivity contribution < 1.29 is 4.92 Å². The molecule has 0 bridgehead atoms. The van der Waals surface area contributed by atoms with Crippen molar-refractivity contribution in [2.75, 3.05) is 18.0 Å². The Morgan fingerprint density at radius 1 is 1.60 bits per heavy atom. The molecule has 1 saturated heterocycles. The largest absolute Gasteiger partial charge is 0.362 e. The molecule has 1 fully saturated rings. The van der Waals surface area contributed by atoms with Gasteiger partial charge in [-0.05, 0) is 30.9 Å². The van der Waals surface area contributed by atoms with Crippen molar-refractivity contribution in [1.29, 1.82) is 5.26 Å². The van der Waals surface area contributed by atoms with Crippen molar-refractivity contribution in [2.24, 2.45) is 11.7 Å². The fraction of sp³-hybridized carbons (Fsp3) is 0.500. The zero-order valence-electron chi connectivity index (χ0n) is 11.5. The van der Waals surface area contributed by atoms with Crippen LogP contribution in [0, 0.1) is 27.4 Å². The maximum atomic E-state index is 11.2. The van der Waals surface area contributed by atoms with Crippen LogP contribution in [-0.2, 0) is 0 Å². The molecule has 1 aliphatic rings. The molecule has 0 aromatic heterocycles. The monoisotopic (exact) mass is 274 g/mol. The van der Waals surface area contributed by atoms with E-state index in [9.17, 15) is 10.1 Å². The summed E-state index contributed by atoms with van der Waals surface area (Å²) in [6, 6.07) is 6.60. The van der Waals surface area contributed by atoms with Crippen LogP contribution in [0.2, 0.25) is 0 Å². The predicted molar refractivity (Wildman–Crippen MR) is 76.4 cm³/mol. The molecule has 2 N–H and O–H groups in total. The highest BCUT2D eigenvalue weighted by molar-refractivity contribution is 5.66. The minimum Gasteiger partial charge on any atom is -0.362 e. The Labute approximate surface area is 117 Å². The van der Waals surface area contributed by atoms with E-state index in [2.05, 4.69) is 6.92 Å². The van der Waals surface area contributed by atoms with Crippen LogP contribution >= 0.6 is 0 Å². The molecule has 106 valence electrons. The lowest BCUT2D eigenvalue weighted by molar-refractivity contribution is -0.384. The molecule has 1 aromatic carbocycles. The van der Waals surface area contributed by atoms with Gasteiger partial charge in [-0.1, -0.05) is 6.92 Å². The molecular weight excluding hydrogens is 256 g/mol. The maximum absolute atomic E-state index is 11.2. The second kappa shape index (κ2) is 5.88. The summed E-state index contributed by atoms with van der Waals surface area (Å²) in [5.74, 6) is 0.568. The number of rotatable bonds is 3. The number of benzene rings is 1. The fourth-order valence-electron chi connectivity index (χ4n) is 2.77. The Morgan fingerprint density at radius 2 is 2.35 bits per heavy atom. The van der Waals surface area contributed by atoms with Gasteiger partial charge in [-0.15, -0.1) is 0 Å². The normalized spacial score (nSPS) is 22.4. The van der Waals surface area contributed by atoms with E-state index in [1.165, 1.54) is 12.1 Å². The molecule has 0 spiro atoms. The quantitative estimate of drug-likeness (QED) is 0.672. The van der Waals surface area contributed by atoms with Gasteiger partial charge in [0.1, 0.15) is 5.69 Å². The lowest BCUT2D eigenvalue weighted by Gasteiger charge is -2.39. The third-order valence-electron chi connectivity index (χ3n) is 3.86. The van der Waals surface area contributed by atoms with Crippen LogP contribution in [0.5, 0.6) is 0 Å². The van der Waals surface area contributed by atoms with E-state index in [0.717, 1.165) is 19.4 Å². The highest BCUT2D eigenvalue weighted by Crippen LogP contribution is 2.34. The summed E-state index contributed by atoms with van der Waals surface area (Å²) in [5.41, 5.74) is 6.79. The van der Waals surface area contributed by atoms with Gasteiger partial charge in [-0.25, -0.2) is 0 Å². The Kier molecular flexibility index (Phi) is 4.20. The third kappa shape index (κ3) is 2.73. The molecule has 6 heteroatoms. The van der Waals surface area contributed by atoms with E-state index in [1.807, 2.05) is 11.0 Å². The number of nitriles is 1. The molecule has 1 aliphatic heterocycles. The summed E-state index contributed by atoms with van der Waals surface area (Å²) < 4.78 is 0. The smallest absolute Gasteiger partial charge is 0.292 e. The third-order valence-corrected chi connectivity index (χ3v) is 3.86. The van der Waals surface area contributed by atoms with Crippen molar-refractivity contribution in [3.63, 3.8) is 0 Å². The molecule has 1 heterocycles. The van der Waals surface area contributed by atoms with E-state index in [4.69, 9.17) is 11.0 Å². The first kappa shape index (κ1) is 14.3. The molecular formula is C14H18N4O2. The van der Waals surface area contributed by atoms with E-state index in [-0.39, 0.29) is 11.7 Å². The summed E-state index contributed by atoms with van der Waals surface area (Å²) in [6.07, 6.45) is 1.90. The fourth-order valence-corrected chi connectivity index (χ4v) is 2.77. The summed E-state index contributed by atoms with van der Waals surface area (Å²) in [5, 5.41) is 20.2. The van der Waals surface area contributed by atoms with Crippen molar-refractivity contribution >= 4 is 11.4 Å². The molecule has 20 heavy (non-hydrogen) atoms. The second-order valence-corrected chi connectivity index (χ2v) is 5.28. The number of hydrogen-bond donors (Lipinski definition) is 1. The minimum absolute atomic E-state index is 0.0389. The van der Waals surface area contributed by atoms with Crippen molar-refractivity contribution in [3.8, 4) is 6.07 Å². The summed E-state index contributed by atoms with van der Waals surface area (Å²) in [4.78, 5) is 12.8. The first-order chi connectivity index (χ1) is 9.56. The molecule has 0 saturated carbocycles. The lowest BCUT2D eigenvalue weighted by atomic mass is 9.91. The number of piperidine rings is 1. The van der Waals surface area contributed by atoms with Crippen LogP contribution in [0.25, 0.3) is 0 Å². The van der Waals surface area contributed by atoms with Gasteiger partial charge in [-0.3, -0.25) is 10.1 Å². The molecule has 0 aliphatic carbocycles. The number of hydrogen-bond acceptors (Lipinski definition) is 5. The number of nitrogens with zero attached hydrogens (tertiary/aromatic N) is 3. The van der Waals surface area contributed by atoms with Crippen LogP contribution in [0.3, 0.4) is 0 Å². The molecule has 2 unspecified atom stereocenters. The number of nitrogens with two attached hydrogens (primary N) is 1. The first-order valence-electron chi connectivity index (χ1n) is 6.72. The highest BCUT2D eigenvalue weighted by atomic mass is 16.6. The summed E-state index contributed by atoms with van der Waals surface area (Å²) in [7, 11) is 0. The molecule has 2 rings (SSSR count). The minimum atomic E-state index is -0.401. The molecule has 1 aromatic rings. The summed E-state index contributed by atoms with van der Waals surface area (Å²) in [6.45, 7) is 3.36. The maximum Gasteiger partial charge on any atom is 0.292 e. The first-order valence-corrected chi connectivity index (χ1v) is 6.72. The van der Waals surface area contributed by atoms with Crippen LogP contribution in [0.1, 0.15) is 25.3 Å². The second-order valence-electron chi connectivity index (χ2n) is 5.28. The average Bonchev–Trinajstić information content (AvgIpc) is 2.46. The Balaban J connectivity index is 2.44. The number of anilines is 1. The van der Waals surface area contributed by atoms with Crippen molar-refractivity contribution in [1.82, 2.24) is 0 Å². The standard InChI is InChI=1S/C14H18N4O2/c1-10-4-5-17(12(6-10)9-16)14-7-11(8-15)2-3-13(14)18(19)20/h2-3,7,10,12H,4-6,9,16H2,1H3. The number of nitro benzene ring substituents is 1. The van der Waals surface area contributed by atoms with Gasteiger partial charge in [0.05, 0.1) is 16.6 Å². The van der Waals surface area contributed by atoms with Crippen LogP contribution in [0.4, 0.5) is 11.4 Å². The van der Waals surface area contributed by atoms with Crippen LogP contribution in [0.15, 0.2) is 18.2 Å². The predicted octanol–water partition coefficient (Wildman–Crippen LogP) is 2.03. The molecule has 0 radical (unpaired) electrons. The van der Waals surface area contributed by atoms with Gasteiger partial charge < -0.3 is 10.6 Å². The van der Waals surface area contributed by atoms with Gasteiger partial charge in [0, 0.05) is 25.2 Å². The topological polar surface area (TPSA) is 96.2 Å². The van der Waals surface area contributed by atoms with E-state index in [1.54, 1.807) is 6.07 Å². The molecule has 6 nitrogen and oxygen atoms in total. The zero-order valence-corrected chi connectivity index (χ0v) is 11.5. The van der Waals surface area contributed by atoms with Gasteiger partial charge in [-0.2, -0.15) is 5.26 Å². The van der Waals surface area contributed by atoms with Crippen molar-refractivity contribution in [3.05, 3.63) is 33.9 Å². The van der Waals surface area contributed by atoms with E-state index >= 15 is 0 Å². The Morgan fingerprint density at radius 3 is 2.95 bits per heavy atom. The number of nitro groups is 1. The Bertz CT molecular complexity index is 553. The van der Waals surface area contributed by atoms with Crippen molar-refractivity contribution in [2.45, 2.75) is 25.8 Å². The molecule has 0 amide bonds. The van der Waals surface area contributed by atoms with Crippen LogP contribution in [-0.4, -0.2) is 24.1 Å². The summed E-state index contributed by atoms with van der Waals surface area (Å²) >= 11 is 0. The van der Waals surface area contributed by atoms with Gasteiger partial charge in [0.25, 0.3) is 5.69 Å². The van der Waals surface area contributed by atoms with Crippen LogP contribution < -0.4 is 10.6 Å². The van der Waals surface area contributed by atoms with Gasteiger partial charge in [0.2, 0.25) is 0 Å². The average molecular weight is 274 g/mol. The molecule has 2 atom stereocenters. The van der Waals surface area contributed by atoms with E-state index < -0.39 is 4.92 Å². The van der Waals surface area contributed by atoms with E-state index in [0.29, 0.717) is 23.7 Å². The highest BCUT2D eigenvalue weighted by Gasteiger charge is 2.30. The zero-order chi connectivity index (χ0) is 14.7.